The van der Waals surface area contributed by atoms with Crippen LogP contribution in [0.15, 0.2) is 28.3 Å². The van der Waals surface area contributed by atoms with Crippen molar-refractivity contribution in [2.45, 2.75) is 43.1 Å². The number of rotatable bonds is 6. The fourth-order valence-electron chi connectivity index (χ4n) is 3.71. The zero-order valence-corrected chi connectivity index (χ0v) is 18.5. The highest BCUT2D eigenvalue weighted by molar-refractivity contribution is 7.98. The number of fused-ring (bicyclic) bond motifs is 4. The minimum Gasteiger partial charge on any atom is -0.383 e. The maximum atomic E-state index is 13.4. The predicted octanol–water partition coefficient (Wildman–Crippen LogP) is 4.28. The second-order valence-corrected chi connectivity index (χ2v) is 10.0. The molecular weight excluding hydrogens is 424 g/mol. The van der Waals surface area contributed by atoms with E-state index in [2.05, 4.69) is 9.97 Å². The summed E-state index contributed by atoms with van der Waals surface area (Å²) >= 11 is 4.85. The highest BCUT2D eigenvalue weighted by Gasteiger charge is 2.22. The highest BCUT2D eigenvalue weighted by Crippen LogP contribution is 2.35. The Morgan fingerprint density at radius 3 is 2.97 bits per heavy atom. The number of nitrogens with zero attached hydrogens (tertiary/aromatic N) is 4. The maximum absolute atomic E-state index is 13.4. The van der Waals surface area contributed by atoms with Crippen LogP contribution in [0.2, 0.25) is 0 Å². The fraction of sp³-hybridized carbons (Fsp3) is 0.400. The molecule has 0 N–H and O–H groups in total. The number of hydrogen-bond acceptors (Lipinski definition) is 8. The zero-order valence-electron chi connectivity index (χ0n) is 16.0. The molecule has 4 heterocycles. The normalized spacial score (nSPS) is 14.0. The molecule has 0 fully saturated rings. The monoisotopic (exact) mass is 444 g/mol. The molecule has 0 saturated carbocycles. The van der Waals surface area contributed by atoms with Crippen LogP contribution in [-0.2, 0) is 29.9 Å². The van der Waals surface area contributed by atoms with E-state index in [1.54, 1.807) is 52.3 Å². The minimum atomic E-state index is 0.0694. The van der Waals surface area contributed by atoms with Crippen molar-refractivity contribution in [2.24, 2.45) is 0 Å². The first kappa shape index (κ1) is 19.2. The van der Waals surface area contributed by atoms with Gasteiger partial charge in [0.1, 0.15) is 20.2 Å². The lowest BCUT2D eigenvalue weighted by molar-refractivity contribution is 0.183. The molecule has 0 aromatic carbocycles. The van der Waals surface area contributed by atoms with Gasteiger partial charge in [-0.05, 0) is 43.4 Å². The Hall–Kier alpha value is -1.81. The van der Waals surface area contributed by atoms with Crippen molar-refractivity contribution in [3.63, 3.8) is 0 Å². The van der Waals surface area contributed by atoms with Crippen LogP contribution in [0.3, 0.4) is 0 Å². The Bertz CT molecular complexity index is 1210. The van der Waals surface area contributed by atoms with Crippen molar-refractivity contribution in [1.82, 2.24) is 19.5 Å². The van der Waals surface area contributed by atoms with Crippen LogP contribution in [0.1, 0.15) is 28.3 Å². The molecule has 9 heteroatoms. The number of pyridine rings is 1. The van der Waals surface area contributed by atoms with E-state index in [0.29, 0.717) is 18.9 Å². The number of thiophene rings is 1. The number of methoxy groups -OCH3 is 1. The molecule has 0 atom stereocenters. The summed E-state index contributed by atoms with van der Waals surface area (Å²) in [5.74, 6) is 0.664. The summed E-state index contributed by atoms with van der Waals surface area (Å²) in [6, 6.07) is 3.87. The van der Waals surface area contributed by atoms with Crippen molar-refractivity contribution >= 4 is 55.0 Å². The summed E-state index contributed by atoms with van der Waals surface area (Å²) in [7, 11) is 1.66. The summed E-state index contributed by atoms with van der Waals surface area (Å²) < 4.78 is 7.03. The van der Waals surface area contributed by atoms with Crippen LogP contribution in [0, 0.1) is 0 Å². The largest absolute Gasteiger partial charge is 0.383 e. The van der Waals surface area contributed by atoms with E-state index in [0.717, 1.165) is 50.0 Å². The summed E-state index contributed by atoms with van der Waals surface area (Å²) in [4.78, 5) is 30.5. The van der Waals surface area contributed by atoms with Crippen LogP contribution < -0.4 is 5.56 Å². The third kappa shape index (κ3) is 3.61. The van der Waals surface area contributed by atoms with Gasteiger partial charge < -0.3 is 4.74 Å². The third-order valence-electron chi connectivity index (χ3n) is 5.09. The van der Waals surface area contributed by atoms with Gasteiger partial charge in [-0.2, -0.15) is 0 Å². The Morgan fingerprint density at radius 1 is 1.21 bits per heavy atom. The predicted molar refractivity (Wildman–Crippen MR) is 119 cm³/mol. The van der Waals surface area contributed by atoms with Crippen LogP contribution >= 0.6 is 34.4 Å². The molecule has 1 aliphatic carbocycles. The van der Waals surface area contributed by atoms with Crippen LogP contribution in [0.4, 0.5) is 0 Å². The first-order chi connectivity index (χ1) is 14.2. The smallest absolute Gasteiger partial charge is 0.263 e. The number of aryl methyl sites for hydroxylation is 2. The van der Waals surface area contributed by atoms with Crippen molar-refractivity contribution in [1.29, 1.82) is 0 Å². The van der Waals surface area contributed by atoms with E-state index in [4.69, 9.17) is 9.72 Å². The van der Waals surface area contributed by atoms with Gasteiger partial charge in [0.15, 0.2) is 5.16 Å². The average molecular weight is 445 g/mol. The molecule has 0 bridgehead atoms. The van der Waals surface area contributed by atoms with Gasteiger partial charge >= 0.3 is 0 Å². The molecule has 29 heavy (non-hydrogen) atoms. The van der Waals surface area contributed by atoms with Crippen LogP contribution in [-0.4, -0.2) is 33.2 Å². The van der Waals surface area contributed by atoms with Crippen molar-refractivity contribution in [3.05, 3.63) is 44.1 Å². The van der Waals surface area contributed by atoms with Gasteiger partial charge in [-0.15, -0.1) is 11.3 Å². The average Bonchev–Trinajstić information content (AvgIpc) is 3.32. The Balaban J connectivity index is 1.53. The van der Waals surface area contributed by atoms with Gasteiger partial charge in [-0.1, -0.05) is 23.1 Å². The molecule has 0 amide bonds. The topological polar surface area (TPSA) is 69.9 Å². The molecule has 4 aromatic rings. The van der Waals surface area contributed by atoms with Gasteiger partial charge in [-0.3, -0.25) is 9.36 Å². The van der Waals surface area contributed by atoms with E-state index in [-0.39, 0.29) is 5.56 Å². The van der Waals surface area contributed by atoms with E-state index in [1.165, 1.54) is 16.9 Å². The number of hydrogen-bond donors (Lipinski definition) is 0. The molecule has 0 aliphatic heterocycles. The van der Waals surface area contributed by atoms with E-state index < -0.39 is 0 Å². The summed E-state index contributed by atoms with van der Waals surface area (Å²) in [5.41, 5.74) is 2.22. The SMILES string of the molecule is COCCn1c(SCc2nc3cccnc3s2)nc2sc3c(c2c1=O)CCCC3. The number of aromatic nitrogens is 4. The fourth-order valence-corrected chi connectivity index (χ4v) is 6.94. The zero-order chi connectivity index (χ0) is 19.8. The molecule has 1 aliphatic rings. The van der Waals surface area contributed by atoms with Gasteiger partial charge in [0.05, 0.1) is 24.3 Å². The van der Waals surface area contributed by atoms with Crippen LogP contribution in [0.25, 0.3) is 20.6 Å². The lowest BCUT2D eigenvalue weighted by atomic mass is 9.97. The first-order valence-corrected chi connectivity index (χ1v) is 12.2. The molecule has 0 radical (unpaired) electrons. The second-order valence-electron chi connectivity index (χ2n) is 6.96. The lowest BCUT2D eigenvalue weighted by Crippen LogP contribution is -2.25. The van der Waals surface area contributed by atoms with E-state index in [1.807, 2.05) is 12.1 Å². The molecule has 0 saturated heterocycles. The lowest BCUT2D eigenvalue weighted by Gasteiger charge is -2.13. The molecule has 0 spiro atoms. The summed E-state index contributed by atoms with van der Waals surface area (Å²) in [6.07, 6.45) is 6.19. The van der Waals surface area contributed by atoms with Crippen molar-refractivity contribution in [2.75, 3.05) is 13.7 Å². The maximum Gasteiger partial charge on any atom is 0.263 e. The molecule has 5 rings (SSSR count). The Morgan fingerprint density at radius 2 is 2.10 bits per heavy atom. The van der Waals surface area contributed by atoms with Gasteiger partial charge in [0.25, 0.3) is 5.56 Å². The highest BCUT2D eigenvalue weighted by atomic mass is 32.2. The molecule has 0 unspecified atom stereocenters. The molecular formula is C20H20N4O2S3. The van der Waals surface area contributed by atoms with Gasteiger partial charge in [0, 0.05) is 18.2 Å². The minimum absolute atomic E-state index is 0.0694. The summed E-state index contributed by atoms with van der Waals surface area (Å²) in [5, 5.41) is 2.56. The number of thioether (sulfide) groups is 1. The summed E-state index contributed by atoms with van der Waals surface area (Å²) in [6.45, 7) is 0.991. The number of ether oxygens (including phenoxy) is 1. The van der Waals surface area contributed by atoms with Crippen molar-refractivity contribution < 1.29 is 4.74 Å². The number of thiazole rings is 1. The molecule has 150 valence electrons. The van der Waals surface area contributed by atoms with Gasteiger partial charge in [0.2, 0.25) is 0 Å². The Labute approximate surface area is 180 Å². The standard InChI is InChI=1S/C20H20N4O2S3/c1-26-10-9-24-19(25)16-12-5-2-3-7-14(12)28-18(16)23-20(24)27-11-15-22-13-6-4-8-21-17(13)29-15/h4,6,8H,2-3,5,7,9-11H2,1H3. The molecule has 4 aromatic heterocycles. The molecule has 6 nitrogen and oxygen atoms in total. The third-order valence-corrected chi connectivity index (χ3v) is 8.43. The second kappa shape index (κ2) is 8.14. The van der Waals surface area contributed by atoms with E-state index in [9.17, 15) is 4.79 Å². The first-order valence-electron chi connectivity index (χ1n) is 9.62. The quantitative estimate of drug-likeness (QED) is 0.327. The van der Waals surface area contributed by atoms with Gasteiger partial charge in [-0.25, -0.2) is 15.0 Å². The van der Waals surface area contributed by atoms with Crippen LogP contribution in [0.5, 0.6) is 0 Å². The van der Waals surface area contributed by atoms with Crippen molar-refractivity contribution in [3.8, 4) is 0 Å². The van der Waals surface area contributed by atoms with E-state index >= 15 is 0 Å². The Kier molecular flexibility index (Phi) is 5.38.